The average molecular weight is 186 g/mol. The zero-order chi connectivity index (χ0) is 8.55. The van der Waals surface area contributed by atoms with Crippen molar-refractivity contribution in [2.24, 2.45) is 10.1 Å². The van der Waals surface area contributed by atoms with Crippen LogP contribution >= 0.6 is 11.6 Å². The van der Waals surface area contributed by atoms with Gasteiger partial charge in [-0.15, -0.1) is 0 Å². The summed E-state index contributed by atoms with van der Waals surface area (Å²) >= 11 is 5.72. The SMILES string of the molecule is COC1CN=C2C=CC(Cl)=NN21. The fraction of sp³-hybridized carbons (Fsp3) is 0.429. The van der Waals surface area contributed by atoms with E-state index in [1.807, 2.05) is 6.08 Å². The topological polar surface area (TPSA) is 37.2 Å². The van der Waals surface area contributed by atoms with Gasteiger partial charge in [0.25, 0.3) is 0 Å². The highest BCUT2D eigenvalue weighted by molar-refractivity contribution is 6.68. The summed E-state index contributed by atoms with van der Waals surface area (Å²) < 4.78 is 5.14. The molecule has 2 rings (SSSR count). The van der Waals surface area contributed by atoms with Crippen LogP contribution in [0.1, 0.15) is 0 Å². The van der Waals surface area contributed by atoms with E-state index < -0.39 is 0 Å². The van der Waals surface area contributed by atoms with E-state index in [0.29, 0.717) is 11.7 Å². The number of hydrogen-bond acceptors (Lipinski definition) is 4. The van der Waals surface area contributed by atoms with Crippen molar-refractivity contribution >= 4 is 22.6 Å². The highest BCUT2D eigenvalue weighted by atomic mass is 35.5. The molecule has 0 saturated heterocycles. The minimum Gasteiger partial charge on any atom is -0.358 e. The Morgan fingerprint density at radius 3 is 3.25 bits per heavy atom. The number of amidine groups is 1. The molecular weight excluding hydrogens is 178 g/mol. The van der Waals surface area contributed by atoms with Crippen molar-refractivity contribution in [3.05, 3.63) is 12.2 Å². The Morgan fingerprint density at radius 1 is 1.67 bits per heavy atom. The zero-order valence-corrected chi connectivity index (χ0v) is 7.32. The largest absolute Gasteiger partial charge is 0.358 e. The molecule has 1 unspecified atom stereocenters. The third kappa shape index (κ3) is 1.13. The Labute approximate surface area is 75.2 Å². The summed E-state index contributed by atoms with van der Waals surface area (Å²) in [5, 5.41) is 6.21. The van der Waals surface area contributed by atoms with Gasteiger partial charge in [-0.25, -0.2) is 5.01 Å². The van der Waals surface area contributed by atoms with Gasteiger partial charge < -0.3 is 4.74 Å². The predicted octanol–water partition coefficient (Wildman–Crippen LogP) is 0.795. The second-order valence-electron chi connectivity index (χ2n) is 2.49. The Balaban J connectivity index is 2.24. The van der Waals surface area contributed by atoms with E-state index in [9.17, 15) is 0 Å². The van der Waals surface area contributed by atoms with Crippen LogP contribution in [0.25, 0.3) is 0 Å². The van der Waals surface area contributed by atoms with Crippen molar-refractivity contribution in [1.29, 1.82) is 0 Å². The van der Waals surface area contributed by atoms with Crippen LogP contribution in [0.3, 0.4) is 0 Å². The Morgan fingerprint density at radius 2 is 2.50 bits per heavy atom. The number of fused-ring (bicyclic) bond motifs is 1. The normalized spacial score (nSPS) is 26.8. The predicted molar refractivity (Wildman–Crippen MR) is 47.4 cm³/mol. The highest BCUT2D eigenvalue weighted by Crippen LogP contribution is 2.16. The van der Waals surface area contributed by atoms with Crippen molar-refractivity contribution < 1.29 is 4.74 Å². The van der Waals surface area contributed by atoms with E-state index in [4.69, 9.17) is 16.3 Å². The standard InChI is InChI=1S/C7H8ClN3O/c1-12-7-4-9-6-3-2-5(8)10-11(6)7/h2-3,7H,4H2,1H3. The molecule has 1 atom stereocenters. The molecule has 0 saturated carbocycles. The molecule has 0 bridgehead atoms. The molecule has 0 fully saturated rings. The van der Waals surface area contributed by atoms with Crippen LogP contribution < -0.4 is 0 Å². The first-order valence-corrected chi connectivity index (χ1v) is 3.98. The van der Waals surface area contributed by atoms with E-state index in [2.05, 4.69) is 10.1 Å². The lowest BCUT2D eigenvalue weighted by molar-refractivity contribution is 0.0276. The van der Waals surface area contributed by atoms with Crippen LogP contribution in [0.15, 0.2) is 22.2 Å². The van der Waals surface area contributed by atoms with Crippen LogP contribution in [0.2, 0.25) is 0 Å². The third-order valence-corrected chi connectivity index (χ3v) is 1.96. The van der Waals surface area contributed by atoms with Crippen LogP contribution in [-0.2, 0) is 4.74 Å². The molecule has 5 heteroatoms. The molecule has 0 radical (unpaired) electrons. The molecule has 64 valence electrons. The molecule has 0 aromatic heterocycles. The quantitative estimate of drug-likeness (QED) is 0.606. The van der Waals surface area contributed by atoms with Gasteiger partial charge in [0.15, 0.2) is 6.23 Å². The molecule has 0 spiro atoms. The van der Waals surface area contributed by atoms with Crippen LogP contribution in [-0.4, -0.2) is 35.9 Å². The van der Waals surface area contributed by atoms with Crippen molar-refractivity contribution in [2.45, 2.75) is 6.23 Å². The first-order valence-electron chi connectivity index (χ1n) is 3.60. The highest BCUT2D eigenvalue weighted by Gasteiger charge is 2.27. The molecule has 4 nitrogen and oxygen atoms in total. The molecule has 2 heterocycles. The van der Waals surface area contributed by atoms with E-state index in [1.165, 1.54) is 0 Å². The number of ether oxygens (including phenoxy) is 1. The Kier molecular flexibility index (Phi) is 1.86. The van der Waals surface area contributed by atoms with E-state index in [1.54, 1.807) is 18.2 Å². The lowest BCUT2D eigenvalue weighted by Crippen LogP contribution is -2.34. The van der Waals surface area contributed by atoms with Crippen molar-refractivity contribution in [3.63, 3.8) is 0 Å². The fourth-order valence-corrected chi connectivity index (χ4v) is 1.31. The summed E-state index contributed by atoms with van der Waals surface area (Å²) in [7, 11) is 1.63. The first-order chi connectivity index (χ1) is 5.81. The molecule has 0 aromatic carbocycles. The minimum absolute atomic E-state index is 0.0984. The third-order valence-electron chi connectivity index (χ3n) is 1.76. The zero-order valence-electron chi connectivity index (χ0n) is 6.57. The number of nitrogens with zero attached hydrogens (tertiary/aromatic N) is 3. The van der Waals surface area contributed by atoms with Gasteiger partial charge in [-0.3, -0.25) is 4.99 Å². The van der Waals surface area contributed by atoms with E-state index in [-0.39, 0.29) is 6.23 Å². The van der Waals surface area contributed by atoms with Crippen molar-refractivity contribution in [3.8, 4) is 0 Å². The van der Waals surface area contributed by atoms with Gasteiger partial charge in [-0.1, -0.05) is 11.6 Å². The second kappa shape index (κ2) is 2.88. The van der Waals surface area contributed by atoms with Crippen molar-refractivity contribution in [2.75, 3.05) is 13.7 Å². The summed E-state index contributed by atoms with van der Waals surface area (Å²) in [6.45, 7) is 0.615. The van der Waals surface area contributed by atoms with Gasteiger partial charge in [0.2, 0.25) is 0 Å². The summed E-state index contributed by atoms with van der Waals surface area (Å²) in [6, 6.07) is 0. The first kappa shape index (κ1) is 7.76. The smallest absolute Gasteiger partial charge is 0.171 e. The number of allylic oxidation sites excluding steroid dienone is 1. The van der Waals surface area contributed by atoms with E-state index in [0.717, 1.165) is 5.84 Å². The van der Waals surface area contributed by atoms with Crippen LogP contribution in [0.5, 0.6) is 0 Å². The summed E-state index contributed by atoms with van der Waals surface area (Å²) in [5.41, 5.74) is 0. The monoisotopic (exact) mass is 185 g/mol. The van der Waals surface area contributed by atoms with Gasteiger partial charge in [0.1, 0.15) is 11.0 Å². The summed E-state index contributed by atoms with van der Waals surface area (Å²) in [4.78, 5) is 4.21. The molecule has 2 aliphatic heterocycles. The van der Waals surface area contributed by atoms with Gasteiger partial charge in [0, 0.05) is 7.11 Å². The summed E-state index contributed by atoms with van der Waals surface area (Å²) in [5.74, 6) is 0.811. The Bertz CT molecular complexity index is 284. The van der Waals surface area contributed by atoms with Gasteiger partial charge >= 0.3 is 0 Å². The maximum absolute atomic E-state index is 5.72. The molecular formula is C7H8ClN3O. The number of methoxy groups -OCH3 is 1. The fourth-order valence-electron chi connectivity index (χ4n) is 1.17. The number of aliphatic imine (C=N–C) groups is 1. The van der Waals surface area contributed by atoms with Gasteiger partial charge in [-0.05, 0) is 12.2 Å². The lowest BCUT2D eigenvalue weighted by atomic mass is 10.4. The Hall–Kier alpha value is -0.870. The van der Waals surface area contributed by atoms with Gasteiger partial charge in [-0.2, -0.15) is 5.10 Å². The number of hydrogen-bond donors (Lipinski definition) is 0. The second-order valence-corrected chi connectivity index (χ2v) is 2.88. The van der Waals surface area contributed by atoms with Crippen LogP contribution in [0.4, 0.5) is 0 Å². The van der Waals surface area contributed by atoms with E-state index >= 15 is 0 Å². The molecule has 0 N–H and O–H groups in total. The number of halogens is 1. The molecule has 2 aliphatic rings. The molecule has 0 amide bonds. The minimum atomic E-state index is -0.0984. The number of hydrazone groups is 1. The summed E-state index contributed by atoms with van der Waals surface area (Å²) in [6.07, 6.45) is 3.45. The van der Waals surface area contributed by atoms with Crippen molar-refractivity contribution in [1.82, 2.24) is 5.01 Å². The maximum atomic E-state index is 5.72. The maximum Gasteiger partial charge on any atom is 0.171 e. The van der Waals surface area contributed by atoms with Crippen LogP contribution in [0, 0.1) is 0 Å². The molecule has 12 heavy (non-hydrogen) atoms. The average Bonchev–Trinajstić information content (AvgIpc) is 2.46. The lowest BCUT2D eigenvalue weighted by Gasteiger charge is -2.21. The molecule has 0 aromatic rings. The molecule has 0 aliphatic carbocycles. The van der Waals surface area contributed by atoms with Gasteiger partial charge in [0.05, 0.1) is 6.54 Å². The number of rotatable bonds is 1.